The molecule has 0 bridgehead atoms. The zero-order chi connectivity index (χ0) is 19.8. The number of carbonyl (C=O) groups is 1. The molecule has 0 spiro atoms. The third kappa shape index (κ3) is 4.47. The Labute approximate surface area is 170 Å². The summed E-state index contributed by atoms with van der Waals surface area (Å²) in [6, 6.07) is 18.9. The first kappa shape index (κ1) is 20.6. The number of hydrogen-bond donors (Lipinski definition) is 1. The molecule has 1 atom stereocenters. The molecule has 2 aromatic carbocycles. The second-order valence-corrected chi connectivity index (χ2v) is 7.98. The van der Waals surface area contributed by atoms with E-state index in [2.05, 4.69) is 66.5 Å². The number of nitrogens with one attached hydrogen (secondary N) is 1. The molecule has 3 rings (SSSR count). The predicted molar refractivity (Wildman–Crippen MR) is 117 cm³/mol. The lowest BCUT2D eigenvalue weighted by molar-refractivity contribution is 0.0926. The molecule has 0 aromatic heterocycles. The molecule has 0 radical (unpaired) electrons. The molecule has 1 aliphatic heterocycles. The number of amides is 1. The van der Waals surface area contributed by atoms with Crippen LogP contribution in [0, 0.1) is 0 Å². The van der Waals surface area contributed by atoms with Crippen LogP contribution in [0.1, 0.15) is 67.4 Å². The van der Waals surface area contributed by atoms with Crippen LogP contribution in [0.15, 0.2) is 54.6 Å². The van der Waals surface area contributed by atoms with Crippen molar-refractivity contribution in [3.8, 4) is 0 Å². The van der Waals surface area contributed by atoms with Gasteiger partial charge in [0, 0.05) is 17.5 Å². The summed E-state index contributed by atoms with van der Waals surface area (Å²) in [4.78, 5) is 15.1. The average molecular weight is 379 g/mol. The Hall–Kier alpha value is -2.13. The number of rotatable bonds is 10. The summed E-state index contributed by atoms with van der Waals surface area (Å²) < 4.78 is 0. The fraction of sp³-hybridized carbons (Fsp3) is 0.480. The van der Waals surface area contributed by atoms with Crippen molar-refractivity contribution < 1.29 is 4.79 Å². The minimum absolute atomic E-state index is 0.0518. The second kappa shape index (κ2) is 9.88. The minimum Gasteiger partial charge on any atom is -0.351 e. The van der Waals surface area contributed by atoms with E-state index in [0.29, 0.717) is 6.54 Å². The summed E-state index contributed by atoms with van der Waals surface area (Å²) in [5.41, 5.74) is 3.14. The third-order valence-corrected chi connectivity index (χ3v) is 6.07. The normalized spacial score (nSPS) is 18.8. The first-order valence-corrected chi connectivity index (χ1v) is 10.9. The van der Waals surface area contributed by atoms with Crippen LogP contribution in [0.3, 0.4) is 0 Å². The lowest BCUT2D eigenvalue weighted by Gasteiger charge is -2.41. The van der Waals surface area contributed by atoms with Crippen molar-refractivity contribution in [3.63, 3.8) is 0 Å². The molecule has 28 heavy (non-hydrogen) atoms. The number of benzene rings is 2. The molecule has 0 saturated heterocycles. The van der Waals surface area contributed by atoms with Crippen LogP contribution in [0.2, 0.25) is 0 Å². The Morgan fingerprint density at radius 2 is 1.54 bits per heavy atom. The Morgan fingerprint density at radius 1 is 0.893 bits per heavy atom. The smallest absolute Gasteiger partial charge is 0.251 e. The number of hydrogen-bond acceptors (Lipinski definition) is 2. The zero-order valence-corrected chi connectivity index (χ0v) is 17.4. The van der Waals surface area contributed by atoms with E-state index < -0.39 is 0 Å². The van der Waals surface area contributed by atoms with Gasteiger partial charge in [-0.2, -0.15) is 0 Å². The summed E-state index contributed by atoms with van der Waals surface area (Å²) >= 11 is 0. The van der Waals surface area contributed by atoms with Crippen molar-refractivity contribution in [2.45, 2.75) is 51.4 Å². The Balaban J connectivity index is 1.93. The summed E-state index contributed by atoms with van der Waals surface area (Å²) in [6.45, 7) is 8.57. The highest BCUT2D eigenvalue weighted by Crippen LogP contribution is 2.39. The van der Waals surface area contributed by atoms with E-state index in [1.165, 1.54) is 36.8 Å². The maximum absolute atomic E-state index is 12.5. The number of carbonyl (C=O) groups excluding carboxylic acids is 1. The lowest BCUT2D eigenvalue weighted by Crippen LogP contribution is -2.49. The first-order chi connectivity index (χ1) is 13.7. The van der Waals surface area contributed by atoms with E-state index in [-0.39, 0.29) is 11.3 Å². The largest absolute Gasteiger partial charge is 0.351 e. The van der Waals surface area contributed by atoms with Crippen molar-refractivity contribution in [2.24, 2.45) is 0 Å². The Kier molecular flexibility index (Phi) is 7.27. The maximum atomic E-state index is 12.5. The highest BCUT2D eigenvalue weighted by atomic mass is 16.1. The van der Waals surface area contributed by atoms with Crippen molar-refractivity contribution in [1.29, 1.82) is 0 Å². The monoisotopic (exact) mass is 378 g/mol. The Morgan fingerprint density at radius 3 is 2.21 bits per heavy atom. The van der Waals surface area contributed by atoms with E-state index in [0.717, 1.165) is 31.6 Å². The van der Waals surface area contributed by atoms with Gasteiger partial charge < -0.3 is 10.2 Å². The van der Waals surface area contributed by atoms with Crippen LogP contribution in [0.4, 0.5) is 0 Å². The van der Waals surface area contributed by atoms with Gasteiger partial charge in [0.05, 0.1) is 0 Å². The number of nitrogens with zero attached hydrogens (tertiary/aromatic N) is 1. The molecule has 0 fully saturated rings. The van der Waals surface area contributed by atoms with Crippen LogP contribution in [0.5, 0.6) is 0 Å². The lowest BCUT2D eigenvalue weighted by atomic mass is 9.68. The van der Waals surface area contributed by atoms with Gasteiger partial charge in [0.1, 0.15) is 0 Å². The zero-order valence-electron chi connectivity index (χ0n) is 17.4. The minimum atomic E-state index is -0.164. The predicted octanol–water partition coefficient (Wildman–Crippen LogP) is 5.01. The summed E-state index contributed by atoms with van der Waals surface area (Å²) in [6.07, 6.45) is 5.96. The molecule has 1 amide bonds. The molecule has 1 unspecified atom stereocenters. The van der Waals surface area contributed by atoms with Crippen molar-refractivity contribution >= 4 is 5.91 Å². The quantitative estimate of drug-likeness (QED) is 0.630. The van der Waals surface area contributed by atoms with E-state index in [4.69, 9.17) is 0 Å². The van der Waals surface area contributed by atoms with Crippen LogP contribution in [0.25, 0.3) is 0 Å². The van der Waals surface area contributed by atoms with Gasteiger partial charge in [-0.3, -0.25) is 4.79 Å². The summed E-state index contributed by atoms with van der Waals surface area (Å²) in [5.74, 6) is 0.0518. The van der Waals surface area contributed by atoms with Gasteiger partial charge in [-0.05, 0) is 56.1 Å². The Bertz CT molecular complexity index is 750. The molecule has 1 heterocycles. The molecular formula is C25H34N2O. The van der Waals surface area contributed by atoms with E-state index >= 15 is 0 Å². The maximum Gasteiger partial charge on any atom is 0.251 e. The van der Waals surface area contributed by atoms with Gasteiger partial charge in [0.2, 0.25) is 0 Å². The molecule has 3 nitrogen and oxygen atoms in total. The molecule has 3 heteroatoms. The fourth-order valence-electron chi connectivity index (χ4n) is 4.35. The molecule has 1 N–H and O–H groups in total. The second-order valence-electron chi connectivity index (χ2n) is 7.98. The van der Waals surface area contributed by atoms with Crippen molar-refractivity contribution in [3.05, 3.63) is 71.3 Å². The van der Waals surface area contributed by atoms with E-state index in [9.17, 15) is 4.79 Å². The van der Waals surface area contributed by atoms with Crippen LogP contribution in [-0.4, -0.2) is 37.0 Å². The van der Waals surface area contributed by atoms with E-state index in [1.807, 2.05) is 12.1 Å². The molecule has 1 aliphatic rings. The van der Waals surface area contributed by atoms with Crippen LogP contribution >= 0.6 is 0 Å². The number of unbranched alkanes of at least 4 members (excludes halogenated alkanes) is 2. The summed E-state index contributed by atoms with van der Waals surface area (Å²) in [5, 5.41) is 3.18. The van der Waals surface area contributed by atoms with Gasteiger partial charge in [0.15, 0.2) is 0 Å². The molecule has 0 aliphatic carbocycles. The molecule has 150 valence electrons. The van der Waals surface area contributed by atoms with Gasteiger partial charge >= 0.3 is 0 Å². The highest BCUT2D eigenvalue weighted by Gasteiger charge is 2.40. The van der Waals surface area contributed by atoms with Gasteiger partial charge in [-0.25, -0.2) is 0 Å². The van der Waals surface area contributed by atoms with Gasteiger partial charge in [0.25, 0.3) is 5.91 Å². The van der Waals surface area contributed by atoms with Gasteiger partial charge in [-0.1, -0.05) is 75.2 Å². The molecule has 2 aromatic rings. The van der Waals surface area contributed by atoms with Crippen LogP contribution in [-0.2, 0) is 5.41 Å². The first-order valence-electron chi connectivity index (χ1n) is 10.9. The molecular weight excluding hydrogens is 344 g/mol. The molecule has 0 saturated carbocycles. The van der Waals surface area contributed by atoms with E-state index in [1.54, 1.807) is 0 Å². The standard InChI is InChI=1S/C25H34N2O/c1-3-5-17-27(18-6-4-2)19-16-25(21-12-8-7-9-13-21)20-26-24(28)22-14-10-11-15-23(22)25/h7-15H,3-6,16-20H2,1-2H3,(H,26,28). The topological polar surface area (TPSA) is 32.3 Å². The van der Waals surface area contributed by atoms with Gasteiger partial charge in [-0.15, -0.1) is 0 Å². The third-order valence-electron chi connectivity index (χ3n) is 6.07. The van der Waals surface area contributed by atoms with Crippen molar-refractivity contribution in [1.82, 2.24) is 10.2 Å². The highest BCUT2D eigenvalue weighted by molar-refractivity contribution is 5.97. The van der Waals surface area contributed by atoms with Crippen molar-refractivity contribution in [2.75, 3.05) is 26.2 Å². The fourth-order valence-corrected chi connectivity index (χ4v) is 4.35. The summed E-state index contributed by atoms with van der Waals surface area (Å²) in [7, 11) is 0. The van der Waals surface area contributed by atoms with Crippen LogP contribution < -0.4 is 5.32 Å². The number of fused-ring (bicyclic) bond motifs is 1. The average Bonchev–Trinajstić information content (AvgIpc) is 2.75. The SMILES string of the molecule is CCCCN(CCCC)CCC1(c2ccccc2)CNC(=O)c2ccccc21.